The Morgan fingerprint density at radius 1 is 1.26 bits per heavy atom. The van der Waals surface area contributed by atoms with Gasteiger partial charge in [0.15, 0.2) is 0 Å². The number of benzene rings is 1. The van der Waals surface area contributed by atoms with Crippen molar-refractivity contribution in [3.05, 3.63) is 60.2 Å². The average Bonchev–Trinajstić information content (AvgIpc) is 2.94. The van der Waals surface area contributed by atoms with Crippen molar-refractivity contribution in [2.75, 3.05) is 0 Å². The van der Waals surface area contributed by atoms with E-state index in [1.54, 1.807) is 24.8 Å². The van der Waals surface area contributed by atoms with E-state index >= 15 is 0 Å². The third-order valence-corrected chi connectivity index (χ3v) is 2.87. The van der Waals surface area contributed by atoms with E-state index in [-0.39, 0.29) is 5.91 Å². The molecule has 1 amide bonds. The number of aromatic amines is 1. The Kier molecular flexibility index (Phi) is 2.94. The van der Waals surface area contributed by atoms with E-state index in [0.29, 0.717) is 17.6 Å². The lowest BCUT2D eigenvalue weighted by Gasteiger charge is -2.05. The highest BCUT2D eigenvalue weighted by Crippen LogP contribution is 2.14. The highest BCUT2D eigenvalue weighted by molar-refractivity contribution is 6.04. The third-order valence-electron chi connectivity index (χ3n) is 2.87. The van der Waals surface area contributed by atoms with Crippen molar-refractivity contribution in [3.8, 4) is 0 Å². The molecule has 94 valence electrons. The van der Waals surface area contributed by atoms with Crippen molar-refractivity contribution in [2.24, 2.45) is 0 Å². The molecule has 0 atom stereocenters. The van der Waals surface area contributed by atoms with Crippen molar-refractivity contribution in [2.45, 2.75) is 6.54 Å². The Bertz CT molecular complexity index is 706. The van der Waals surface area contributed by atoms with Crippen molar-refractivity contribution in [1.29, 1.82) is 0 Å². The number of pyridine rings is 1. The lowest BCUT2D eigenvalue weighted by molar-refractivity contribution is 0.0952. The molecule has 2 aromatic heterocycles. The minimum absolute atomic E-state index is 0.137. The highest BCUT2D eigenvalue weighted by atomic mass is 16.1. The number of carbonyl (C=O) groups excluding carboxylic acids is 1. The fraction of sp³-hybridized carbons (Fsp3) is 0.0714. The van der Waals surface area contributed by atoms with Crippen LogP contribution in [-0.4, -0.2) is 20.9 Å². The van der Waals surface area contributed by atoms with Crippen LogP contribution in [0.25, 0.3) is 11.0 Å². The largest absolute Gasteiger partial charge is 0.348 e. The van der Waals surface area contributed by atoms with Crippen LogP contribution in [0.5, 0.6) is 0 Å². The molecule has 0 aliphatic heterocycles. The topological polar surface area (TPSA) is 70.7 Å². The van der Waals surface area contributed by atoms with Crippen molar-refractivity contribution in [1.82, 2.24) is 20.3 Å². The molecule has 0 aliphatic carbocycles. The van der Waals surface area contributed by atoms with Gasteiger partial charge in [0.1, 0.15) is 5.52 Å². The first-order chi connectivity index (χ1) is 9.34. The number of imidazole rings is 1. The highest BCUT2D eigenvalue weighted by Gasteiger charge is 2.11. The second-order valence-corrected chi connectivity index (χ2v) is 4.15. The monoisotopic (exact) mass is 252 g/mol. The summed E-state index contributed by atoms with van der Waals surface area (Å²) in [5, 5.41) is 2.86. The maximum atomic E-state index is 12.1. The second-order valence-electron chi connectivity index (χ2n) is 4.15. The summed E-state index contributed by atoms with van der Waals surface area (Å²) < 4.78 is 0. The Morgan fingerprint density at radius 3 is 3.05 bits per heavy atom. The molecule has 5 heteroatoms. The van der Waals surface area contributed by atoms with Gasteiger partial charge in [-0.25, -0.2) is 4.98 Å². The molecular weight excluding hydrogens is 240 g/mol. The van der Waals surface area contributed by atoms with E-state index in [2.05, 4.69) is 20.3 Å². The van der Waals surface area contributed by atoms with Gasteiger partial charge in [0, 0.05) is 18.9 Å². The number of nitrogens with one attached hydrogen (secondary N) is 2. The van der Waals surface area contributed by atoms with E-state index in [4.69, 9.17) is 0 Å². The lowest BCUT2D eigenvalue weighted by Crippen LogP contribution is -2.23. The molecule has 5 nitrogen and oxygen atoms in total. The number of carbonyl (C=O) groups is 1. The molecule has 2 N–H and O–H groups in total. The van der Waals surface area contributed by atoms with E-state index in [1.165, 1.54) is 0 Å². The second kappa shape index (κ2) is 4.89. The number of H-pyrrole nitrogens is 1. The molecule has 0 bridgehead atoms. The number of hydrogen-bond acceptors (Lipinski definition) is 3. The summed E-state index contributed by atoms with van der Waals surface area (Å²) in [6.45, 7) is 0.452. The van der Waals surface area contributed by atoms with E-state index in [9.17, 15) is 4.79 Å². The first-order valence-electron chi connectivity index (χ1n) is 5.94. The van der Waals surface area contributed by atoms with Crippen LogP contribution in [0.15, 0.2) is 49.1 Å². The molecule has 1 aromatic carbocycles. The van der Waals surface area contributed by atoms with Gasteiger partial charge in [0.05, 0.1) is 17.4 Å². The fourth-order valence-corrected chi connectivity index (χ4v) is 1.93. The Hall–Kier alpha value is -2.69. The van der Waals surface area contributed by atoms with Gasteiger partial charge < -0.3 is 10.3 Å². The van der Waals surface area contributed by atoms with Crippen LogP contribution in [-0.2, 0) is 6.54 Å². The lowest BCUT2D eigenvalue weighted by atomic mass is 10.1. The Morgan fingerprint density at radius 2 is 2.21 bits per heavy atom. The summed E-state index contributed by atoms with van der Waals surface area (Å²) in [4.78, 5) is 23.3. The molecule has 0 aliphatic rings. The standard InChI is InChI=1S/C14H12N4O/c19-14(16-8-10-3-2-6-15-7-10)11-4-1-5-12-13(11)18-9-17-12/h1-7,9H,8H2,(H,16,19)(H,17,18). The maximum Gasteiger partial charge on any atom is 0.253 e. The van der Waals surface area contributed by atoms with Crippen LogP contribution in [0.1, 0.15) is 15.9 Å². The average molecular weight is 252 g/mol. The zero-order valence-electron chi connectivity index (χ0n) is 10.1. The predicted octanol–water partition coefficient (Wildman–Crippen LogP) is 1.89. The number of rotatable bonds is 3. The minimum Gasteiger partial charge on any atom is -0.348 e. The quantitative estimate of drug-likeness (QED) is 0.747. The number of nitrogens with zero attached hydrogens (tertiary/aromatic N) is 2. The first-order valence-corrected chi connectivity index (χ1v) is 5.94. The fourth-order valence-electron chi connectivity index (χ4n) is 1.93. The molecule has 19 heavy (non-hydrogen) atoms. The minimum atomic E-state index is -0.137. The molecule has 0 radical (unpaired) electrons. The van der Waals surface area contributed by atoms with Crippen LogP contribution < -0.4 is 5.32 Å². The van der Waals surface area contributed by atoms with Gasteiger partial charge in [-0.3, -0.25) is 9.78 Å². The molecule has 3 aromatic rings. The Labute approximate surface area is 109 Å². The molecular formula is C14H12N4O. The summed E-state index contributed by atoms with van der Waals surface area (Å²) in [6.07, 6.45) is 5.02. The number of aromatic nitrogens is 3. The van der Waals surface area contributed by atoms with Crippen molar-refractivity contribution >= 4 is 16.9 Å². The number of para-hydroxylation sites is 1. The molecule has 2 heterocycles. The summed E-state index contributed by atoms with van der Waals surface area (Å²) in [5.41, 5.74) is 3.08. The first kappa shape index (κ1) is 11.4. The number of hydrogen-bond donors (Lipinski definition) is 2. The SMILES string of the molecule is O=C(NCc1cccnc1)c1cccc2[nH]cnc12. The van der Waals surface area contributed by atoms with Crippen LogP contribution in [0, 0.1) is 0 Å². The molecule has 0 spiro atoms. The van der Waals surface area contributed by atoms with Crippen LogP contribution in [0.3, 0.4) is 0 Å². The molecule has 3 rings (SSSR count). The van der Waals surface area contributed by atoms with Gasteiger partial charge in [-0.15, -0.1) is 0 Å². The van der Waals surface area contributed by atoms with Gasteiger partial charge in [-0.1, -0.05) is 12.1 Å². The summed E-state index contributed by atoms with van der Waals surface area (Å²) in [7, 11) is 0. The normalized spacial score (nSPS) is 10.5. The third kappa shape index (κ3) is 2.30. The molecule has 0 unspecified atom stereocenters. The van der Waals surface area contributed by atoms with Crippen molar-refractivity contribution < 1.29 is 4.79 Å². The van der Waals surface area contributed by atoms with Gasteiger partial charge in [-0.2, -0.15) is 0 Å². The van der Waals surface area contributed by atoms with E-state index in [0.717, 1.165) is 11.1 Å². The van der Waals surface area contributed by atoms with E-state index < -0.39 is 0 Å². The van der Waals surface area contributed by atoms with Crippen LogP contribution in [0.2, 0.25) is 0 Å². The zero-order valence-corrected chi connectivity index (χ0v) is 10.1. The number of amides is 1. The van der Waals surface area contributed by atoms with Gasteiger partial charge in [-0.05, 0) is 23.8 Å². The van der Waals surface area contributed by atoms with Gasteiger partial charge >= 0.3 is 0 Å². The Balaban J connectivity index is 1.79. The molecule has 0 saturated heterocycles. The molecule has 0 fully saturated rings. The molecule has 0 saturated carbocycles. The zero-order chi connectivity index (χ0) is 13.1. The maximum absolute atomic E-state index is 12.1. The van der Waals surface area contributed by atoms with Gasteiger partial charge in [0.25, 0.3) is 5.91 Å². The smallest absolute Gasteiger partial charge is 0.253 e. The van der Waals surface area contributed by atoms with Crippen molar-refractivity contribution in [3.63, 3.8) is 0 Å². The summed E-state index contributed by atoms with van der Waals surface area (Å²) >= 11 is 0. The summed E-state index contributed by atoms with van der Waals surface area (Å²) in [6, 6.07) is 9.25. The van der Waals surface area contributed by atoms with Crippen LogP contribution in [0.4, 0.5) is 0 Å². The van der Waals surface area contributed by atoms with Crippen LogP contribution >= 0.6 is 0 Å². The van der Waals surface area contributed by atoms with E-state index in [1.807, 2.05) is 24.3 Å². The predicted molar refractivity (Wildman–Crippen MR) is 71.5 cm³/mol. The number of fused-ring (bicyclic) bond motifs is 1. The summed E-state index contributed by atoms with van der Waals surface area (Å²) in [5.74, 6) is -0.137. The van der Waals surface area contributed by atoms with Gasteiger partial charge in [0.2, 0.25) is 0 Å².